The summed E-state index contributed by atoms with van der Waals surface area (Å²) in [5.74, 6) is -1.40. The van der Waals surface area contributed by atoms with E-state index in [1.807, 2.05) is 24.3 Å². The minimum absolute atomic E-state index is 0.206. The molecule has 1 N–H and O–H groups in total. The molecule has 1 aliphatic heterocycles. The van der Waals surface area contributed by atoms with Crippen LogP contribution in [0.5, 0.6) is 0 Å². The van der Waals surface area contributed by atoms with Crippen molar-refractivity contribution in [3.63, 3.8) is 0 Å². The summed E-state index contributed by atoms with van der Waals surface area (Å²) in [7, 11) is 1.68. The highest BCUT2D eigenvalue weighted by molar-refractivity contribution is 6.06. The Hall–Kier alpha value is -2.63. The van der Waals surface area contributed by atoms with E-state index in [4.69, 9.17) is 5.11 Å². The Labute approximate surface area is 132 Å². The fourth-order valence-corrected chi connectivity index (χ4v) is 3.09. The van der Waals surface area contributed by atoms with Crippen LogP contribution in [0.4, 0.5) is 0 Å². The summed E-state index contributed by atoms with van der Waals surface area (Å²) in [6, 6.07) is 8.67. The van der Waals surface area contributed by atoms with Crippen molar-refractivity contribution in [3.05, 3.63) is 46.2 Å². The number of benzene rings is 1. The van der Waals surface area contributed by atoms with E-state index < -0.39 is 5.97 Å². The number of nitrogens with zero attached hydrogens (tertiary/aromatic N) is 2. The van der Waals surface area contributed by atoms with Gasteiger partial charge in [-0.1, -0.05) is 18.2 Å². The molecule has 23 heavy (non-hydrogen) atoms. The molecule has 0 unspecified atom stereocenters. The molecule has 0 spiro atoms. The standard InChI is InChI=1S/C17H18N2O4/c1-18-14-5-3-2-4-12(14)13(10-15(18)20)16(21)19-8-6-11(7-9-19)17(22)23/h2-5,10-11H,6-9H2,1H3,(H,22,23). The lowest BCUT2D eigenvalue weighted by Gasteiger charge is -2.30. The summed E-state index contributed by atoms with van der Waals surface area (Å²) in [5, 5.41) is 9.78. The fourth-order valence-electron chi connectivity index (χ4n) is 3.09. The highest BCUT2D eigenvalue weighted by atomic mass is 16.4. The van der Waals surface area contributed by atoms with Crippen molar-refractivity contribution in [3.8, 4) is 0 Å². The molecule has 1 fully saturated rings. The van der Waals surface area contributed by atoms with Crippen LogP contribution >= 0.6 is 0 Å². The lowest BCUT2D eigenvalue weighted by molar-refractivity contribution is -0.143. The summed E-state index contributed by atoms with van der Waals surface area (Å²) in [6.45, 7) is 0.804. The molecular formula is C17H18N2O4. The van der Waals surface area contributed by atoms with Gasteiger partial charge in [-0.3, -0.25) is 14.4 Å². The minimum atomic E-state index is -0.809. The molecule has 2 heterocycles. The number of hydrogen-bond acceptors (Lipinski definition) is 3. The van der Waals surface area contributed by atoms with Crippen LogP contribution in [0.1, 0.15) is 23.2 Å². The molecule has 6 nitrogen and oxygen atoms in total. The molecule has 1 saturated heterocycles. The van der Waals surface area contributed by atoms with Gasteiger partial charge in [0.15, 0.2) is 0 Å². The second kappa shape index (κ2) is 5.87. The lowest BCUT2D eigenvalue weighted by atomic mass is 9.96. The maximum Gasteiger partial charge on any atom is 0.306 e. The van der Waals surface area contributed by atoms with Gasteiger partial charge in [-0.2, -0.15) is 0 Å². The number of rotatable bonds is 2. The third-order valence-electron chi connectivity index (χ3n) is 4.52. The Balaban J connectivity index is 1.95. The molecule has 1 aliphatic rings. The maximum atomic E-state index is 12.8. The number of carbonyl (C=O) groups is 2. The average molecular weight is 314 g/mol. The number of pyridine rings is 1. The number of piperidine rings is 1. The Morgan fingerprint density at radius 1 is 1.17 bits per heavy atom. The molecule has 0 aliphatic carbocycles. The molecule has 1 amide bonds. The number of carboxylic acids is 1. The Morgan fingerprint density at radius 3 is 2.48 bits per heavy atom. The number of carbonyl (C=O) groups excluding carboxylic acids is 1. The average Bonchev–Trinajstić information content (AvgIpc) is 2.57. The van der Waals surface area contributed by atoms with Crippen LogP contribution in [-0.2, 0) is 11.8 Å². The molecule has 0 bridgehead atoms. The van der Waals surface area contributed by atoms with E-state index >= 15 is 0 Å². The third kappa shape index (κ3) is 2.72. The summed E-state index contributed by atoms with van der Waals surface area (Å²) >= 11 is 0. The van der Waals surface area contributed by atoms with Crippen molar-refractivity contribution in [1.29, 1.82) is 0 Å². The van der Waals surface area contributed by atoms with Crippen LogP contribution in [0.2, 0.25) is 0 Å². The van der Waals surface area contributed by atoms with Crippen LogP contribution in [0.25, 0.3) is 10.9 Å². The monoisotopic (exact) mass is 314 g/mol. The van der Waals surface area contributed by atoms with E-state index in [0.717, 1.165) is 5.39 Å². The first-order valence-electron chi connectivity index (χ1n) is 7.60. The SMILES string of the molecule is Cn1c(=O)cc(C(=O)N2CCC(C(=O)O)CC2)c2ccccc21. The molecule has 2 aromatic rings. The van der Waals surface area contributed by atoms with Crippen LogP contribution < -0.4 is 5.56 Å². The van der Waals surface area contributed by atoms with Gasteiger partial charge in [0.2, 0.25) is 0 Å². The normalized spacial score (nSPS) is 15.8. The Morgan fingerprint density at radius 2 is 1.83 bits per heavy atom. The van der Waals surface area contributed by atoms with Crippen LogP contribution in [0.3, 0.4) is 0 Å². The zero-order valence-electron chi connectivity index (χ0n) is 12.9. The Bertz CT molecular complexity index is 832. The number of carboxylic acid groups (broad SMARTS) is 1. The molecule has 0 radical (unpaired) electrons. The van der Waals surface area contributed by atoms with Crippen molar-refractivity contribution >= 4 is 22.8 Å². The predicted molar refractivity (Wildman–Crippen MR) is 85.5 cm³/mol. The van der Waals surface area contributed by atoms with Crippen LogP contribution in [0, 0.1) is 5.92 Å². The van der Waals surface area contributed by atoms with Crippen LogP contribution in [0.15, 0.2) is 35.1 Å². The largest absolute Gasteiger partial charge is 0.481 e. The minimum Gasteiger partial charge on any atom is -0.481 e. The molecule has 1 aromatic heterocycles. The van der Waals surface area contributed by atoms with E-state index in [2.05, 4.69) is 0 Å². The quantitative estimate of drug-likeness (QED) is 0.910. The summed E-state index contributed by atoms with van der Waals surface area (Å²) in [6.07, 6.45) is 0.897. The second-order valence-corrected chi connectivity index (χ2v) is 5.88. The highest BCUT2D eigenvalue weighted by Gasteiger charge is 2.28. The summed E-state index contributed by atoms with van der Waals surface area (Å²) in [5.41, 5.74) is 0.869. The molecule has 1 aromatic carbocycles. The van der Waals surface area contributed by atoms with E-state index in [9.17, 15) is 14.4 Å². The predicted octanol–water partition coefficient (Wildman–Crippen LogP) is 1.48. The maximum absolute atomic E-state index is 12.8. The first kappa shape index (κ1) is 15.3. The van der Waals surface area contributed by atoms with Gasteiger partial charge in [-0.15, -0.1) is 0 Å². The number of fused-ring (bicyclic) bond motifs is 1. The number of aryl methyl sites for hydroxylation is 1. The Kier molecular flexibility index (Phi) is 3.90. The second-order valence-electron chi connectivity index (χ2n) is 5.88. The third-order valence-corrected chi connectivity index (χ3v) is 4.52. The van der Waals surface area contributed by atoms with Gasteiger partial charge in [0.1, 0.15) is 0 Å². The zero-order chi connectivity index (χ0) is 16.6. The first-order valence-corrected chi connectivity index (χ1v) is 7.60. The first-order chi connectivity index (χ1) is 11.0. The molecule has 0 atom stereocenters. The van der Waals surface area contributed by atoms with E-state index in [1.165, 1.54) is 10.6 Å². The lowest BCUT2D eigenvalue weighted by Crippen LogP contribution is -2.40. The van der Waals surface area contributed by atoms with Crippen molar-refractivity contribution in [1.82, 2.24) is 9.47 Å². The van der Waals surface area contributed by atoms with Gasteiger partial charge < -0.3 is 14.6 Å². The van der Waals surface area contributed by atoms with Crippen molar-refractivity contribution in [2.45, 2.75) is 12.8 Å². The number of likely N-dealkylation sites (tertiary alicyclic amines) is 1. The fraction of sp³-hybridized carbons (Fsp3) is 0.353. The number of aromatic nitrogens is 1. The van der Waals surface area contributed by atoms with Gasteiger partial charge in [0, 0.05) is 31.6 Å². The topological polar surface area (TPSA) is 79.6 Å². The summed E-state index contributed by atoms with van der Waals surface area (Å²) in [4.78, 5) is 37.5. The smallest absolute Gasteiger partial charge is 0.306 e. The zero-order valence-corrected chi connectivity index (χ0v) is 12.9. The van der Waals surface area contributed by atoms with Crippen molar-refractivity contribution < 1.29 is 14.7 Å². The molecule has 0 saturated carbocycles. The molecular weight excluding hydrogens is 296 g/mol. The molecule has 6 heteroatoms. The molecule has 3 rings (SSSR count). The number of aliphatic carboxylic acids is 1. The van der Waals surface area contributed by atoms with Gasteiger partial charge in [-0.05, 0) is 18.9 Å². The van der Waals surface area contributed by atoms with Gasteiger partial charge >= 0.3 is 5.97 Å². The summed E-state index contributed by atoms with van der Waals surface area (Å²) < 4.78 is 1.52. The van der Waals surface area contributed by atoms with Crippen LogP contribution in [-0.4, -0.2) is 39.5 Å². The van der Waals surface area contributed by atoms with Gasteiger partial charge in [0.25, 0.3) is 11.5 Å². The number of amides is 1. The van der Waals surface area contributed by atoms with Crippen molar-refractivity contribution in [2.75, 3.05) is 13.1 Å². The highest BCUT2D eigenvalue weighted by Crippen LogP contribution is 2.22. The number of hydrogen-bond donors (Lipinski definition) is 1. The van der Waals surface area contributed by atoms with Gasteiger partial charge in [0.05, 0.1) is 17.0 Å². The van der Waals surface area contributed by atoms with E-state index in [0.29, 0.717) is 37.0 Å². The van der Waals surface area contributed by atoms with E-state index in [-0.39, 0.29) is 17.4 Å². The van der Waals surface area contributed by atoms with Gasteiger partial charge in [-0.25, -0.2) is 0 Å². The number of para-hydroxylation sites is 1. The van der Waals surface area contributed by atoms with E-state index in [1.54, 1.807) is 11.9 Å². The van der Waals surface area contributed by atoms with Crippen molar-refractivity contribution in [2.24, 2.45) is 13.0 Å². The molecule has 120 valence electrons.